The van der Waals surface area contributed by atoms with Crippen molar-refractivity contribution in [2.75, 3.05) is 19.8 Å². The first-order valence-corrected chi connectivity index (χ1v) is 13.5. The number of hydrogen-bond donors (Lipinski definition) is 4. The Morgan fingerprint density at radius 2 is 1.44 bits per heavy atom. The summed E-state index contributed by atoms with van der Waals surface area (Å²) in [6, 6.07) is 21.2. The Bertz CT molecular complexity index is 1360. The van der Waals surface area contributed by atoms with Crippen LogP contribution in [0.2, 0.25) is 0 Å². The maximum atomic E-state index is 13.0. The third kappa shape index (κ3) is 8.56. The van der Waals surface area contributed by atoms with Crippen LogP contribution in [-0.4, -0.2) is 60.6 Å². The Morgan fingerprint density at radius 1 is 0.805 bits per heavy atom. The molecule has 0 unspecified atom stereocenters. The summed E-state index contributed by atoms with van der Waals surface area (Å²) in [7, 11) is 0. The topological polar surface area (TPSA) is 143 Å². The summed E-state index contributed by atoms with van der Waals surface area (Å²) in [6.45, 7) is 0.608. The van der Waals surface area contributed by atoms with Crippen molar-refractivity contribution in [2.45, 2.75) is 37.8 Å². The molecule has 10 heteroatoms. The molecule has 0 aliphatic carbocycles. The number of carboxylic acids is 1. The van der Waals surface area contributed by atoms with Crippen molar-refractivity contribution >= 4 is 23.7 Å². The Hall–Kier alpha value is -4.86. The zero-order chi connectivity index (χ0) is 29.0. The molecule has 0 radical (unpaired) electrons. The van der Waals surface area contributed by atoms with Crippen molar-refractivity contribution in [1.82, 2.24) is 16.0 Å². The lowest BCUT2D eigenvalue weighted by atomic mass is 10.1. The van der Waals surface area contributed by atoms with Gasteiger partial charge >= 0.3 is 5.97 Å². The number of rotatable bonds is 3. The molecule has 3 aromatic rings. The van der Waals surface area contributed by atoms with Crippen LogP contribution in [0.15, 0.2) is 78.9 Å². The zero-order valence-electron chi connectivity index (χ0n) is 22.5. The highest BCUT2D eigenvalue weighted by Gasteiger charge is 2.24. The summed E-state index contributed by atoms with van der Waals surface area (Å²) < 4.78 is 11.8. The molecular weight excluding hydrogens is 526 g/mol. The minimum atomic E-state index is -1.28. The van der Waals surface area contributed by atoms with E-state index in [1.54, 1.807) is 42.5 Å². The molecule has 1 aliphatic rings. The van der Waals surface area contributed by atoms with Gasteiger partial charge in [0.05, 0.1) is 23.8 Å². The van der Waals surface area contributed by atoms with Crippen molar-refractivity contribution in [3.05, 3.63) is 95.6 Å². The first kappa shape index (κ1) is 29.1. The van der Waals surface area contributed by atoms with E-state index in [2.05, 4.69) is 16.0 Å². The molecule has 0 saturated heterocycles. The summed E-state index contributed by atoms with van der Waals surface area (Å²) in [5.41, 5.74) is 1.51. The van der Waals surface area contributed by atoms with Gasteiger partial charge in [-0.05, 0) is 49.1 Å². The van der Waals surface area contributed by atoms with Crippen LogP contribution >= 0.6 is 0 Å². The molecule has 0 saturated carbocycles. The normalized spacial score (nSPS) is 19.1. The second kappa shape index (κ2) is 14.5. The first-order valence-electron chi connectivity index (χ1n) is 13.5. The lowest BCUT2D eigenvalue weighted by Crippen LogP contribution is -2.44. The molecular formula is C31H33N3O7. The third-order valence-electron chi connectivity index (χ3n) is 6.52. The Balaban J connectivity index is 1.57. The summed E-state index contributed by atoms with van der Waals surface area (Å²) in [4.78, 5) is 50.8. The number of carbonyl (C=O) groups excluding carboxylic acids is 3. The van der Waals surface area contributed by atoms with Crippen LogP contribution < -0.4 is 25.4 Å². The van der Waals surface area contributed by atoms with Gasteiger partial charge in [-0.15, -0.1) is 0 Å². The highest BCUT2D eigenvalue weighted by molar-refractivity contribution is 5.99. The Labute approximate surface area is 238 Å². The zero-order valence-corrected chi connectivity index (χ0v) is 22.5. The molecule has 3 amide bonds. The second-order valence-electron chi connectivity index (χ2n) is 9.62. The smallest absolute Gasteiger partial charge is 0.326 e. The lowest BCUT2D eigenvalue weighted by molar-refractivity contribution is -0.139. The van der Waals surface area contributed by atoms with Gasteiger partial charge in [0.2, 0.25) is 5.91 Å². The highest BCUT2D eigenvalue weighted by Crippen LogP contribution is 2.20. The van der Waals surface area contributed by atoms with Crippen LogP contribution in [0.4, 0.5) is 0 Å². The SMILES string of the molecule is O=C1CC[C@@H](C(=O)O)NC(=O)c2ccccc2OCCCNC(=O)c2ccccc2OC[C@H](Cc2ccccc2)N1. The van der Waals surface area contributed by atoms with Gasteiger partial charge in [-0.3, -0.25) is 14.4 Å². The number of benzene rings is 3. The Kier molecular flexibility index (Phi) is 10.3. The van der Waals surface area contributed by atoms with E-state index in [-0.39, 0.29) is 49.2 Å². The number of fused-ring (bicyclic) bond motifs is 2. The summed E-state index contributed by atoms with van der Waals surface area (Å²) in [6.07, 6.45) is 0.669. The average molecular weight is 560 g/mol. The first-order chi connectivity index (χ1) is 19.9. The van der Waals surface area contributed by atoms with Gasteiger partial charge in [0.25, 0.3) is 11.8 Å². The van der Waals surface area contributed by atoms with Gasteiger partial charge in [-0.25, -0.2) is 4.79 Å². The van der Waals surface area contributed by atoms with Gasteiger partial charge < -0.3 is 30.5 Å². The van der Waals surface area contributed by atoms with E-state index in [9.17, 15) is 24.3 Å². The monoisotopic (exact) mass is 559 g/mol. The van der Waals surface area contributed by atoms with Crippen LogP contribution in [0.3, 0.4) is 0 Å². The summed E-state index contributed by atoms with van der Waals surface area (Å²) in [5, 5.41) is 18.0. The molecule has 1 aliphatic heterocycles. The second-order valence-corrected chi connectivity index (χ2v) is 9.62. The molecule has 0 fully saturated rings. The number of aliphatic carboxylic acids is 1. The fourth-order valence-corrected chi connectivity index (χ4v) is 4.42. The molecule has 4 rings (SSSR count). The van der Waals surface area contributed by atoms with E-state index < -0.39 is 24.0 Å². The molecule has 10 nitrogen and oxygen atoms in total. The van der Waals surface area contributed by atoms with Crippen LogP contribution in [0.1, 0.15) is 45.5 Å². The number of nitrogens with one attached hydrogen (secondary N) is 3. The minimum Gasteiger partial charge on any atom is -0.493 e. The van der Waals surface area contributed by atoms with Gasteiger partial charge in [-0.1, -0.05) is 54.6 Å². The fraction of sp³-hybridized carbons (Fsp3) is 0.290. The molecule has 214 valence electrons. The predicted molar refractivity (Wildman–Crippen MR) is 151 cm³/mol. The molecule has 0 aromatic heterocycles. The maximum Gasteiger partial charge on any atom is 0.326 e. The number of carbonyl (C=O) groups is 4. The predicted octanol–water partition coefficient (Wildman–Crippen LogP) is 2.97. The van der Waals surface area contributed by atoms with Crippen molar-refractivity contribution < 1.29 is 33.8 Å². The molecule has 2 atom stereocenters. The maximum absolute atomic E-state index is 13.0. The average Bonchev–Trinajstić information content (AvgIpc) is 2.98. The number of ether oxygens (including phenoxy) is 2. The van der Waals surface area contributed by atoms with E-state index in [1.807, 2.05) is 30.3 Å². The van der Waals surface area contributed by atoms with Gasteiger partial charge in [0, 0.05) is 13.0 Å². The molecule has 0 spiro atoms. The largest absolute Gasteiger partial charge is 0.493 e. The molecule has 1 heterocycles. The van der Waals surface area contributed by atoms with E-state index in [0.29, 0.717) is 30.7 Å². The van der Waals surface area contributed by atoms with E-state index in [0.717, 1.165) is 5.56 Å². The molecule has 3 aromatic carbocycles. The molecule has 4 N–H and O–H groups in total. The van der Waals surface area contributed by atoms with E-state index in [1.165, 1.54) is 6.07 Å². The summed E-state index contributed by atoms with van der Waals surface area (Å²) in [5.74, 6) is -1.90. The van der Waals surface area contributed by atoms with Gasteiger partial charge in [0.1, 0.15) is 24.1 Å². The summed E-state index contributed by atoms with van der Waals surface area (Å²) >= 11 is 0. The minimum absolute atomic E-state index is 0.0780. The highest BCUT2D eigenvalue weighted by atomic mass is 16.5. The van der Waals surface area contributed by atoms with Crippen molar-refractivity contribution in [3.8, 4) is 11.5 Å². The number of amides is 3. The third-order valence-corrected chi connectivity index (χ3v) is 6.52. The van der Waals surface area contributed by atoms with Crippen LogP contribution in [0.5, 0.6) is 11.5 Å². The quantitative estimate of drug-likeness (QED) is 0.386. The van der Waals surface area contributed by atoms with Crippen LogP contribution in [0, 0.1) is 0 Å². The standard InChI is InChI=1S/C31H33N3O7/c35-28-16-15-25(31(38)39)34-30(37)24-12-5-6-13-26(24)40-18-8-17-32-29(36)23-11-4-7-14-27(23)41-20-22(33-28)19-21-9-2-1-3-10-21/h1-7,9-14,22,25H,8,15-20H2,(H,32,36)(H,33,35)(H,34,37)(H,38,39)/t22-,25-/m0/s1. The molecule has 41 heavy (non-hydrogen) atoms. The number of para-hydroxylation sites is 2. The van der Waals surface area contributed by atoms with Crippen molar-refractivity contribution in [3.63, 3.8) is 0 Å². The van der Waals surface area contributed by atoms with Crippen LogP contribution in [0.25, 0.3) is 0 Å². The van der Waals surface area contributed by atoms with E-state index in [4.69, 9.17) is 9.47 Å². The lowest BCUT2D eigenvalue weighted by Gasteiger charge is -2.21. The Morgan fingerprint density at radius 3 is 2.15 bits per heavy atom. The van der Waals surface area contributed by atoms with Crippen LogP contribution in [-0.2, 0) is 16.0 Å². The molecule has 0 bridgehead atoms. The van der Waals surface area contributed by atoms with Gasteiger partial charge in [0.15, 0.2) is 0 Å². The fourth-order valence-electron chi connectivity index (χ4n) is 4.42. The number of hydrogen-bond acceptors (Lipinski definition) is 6. The van der Waals surface area contributed by atoms with Gasteiger partial charge in [-0.2, -0.15) is 0 Å². The number of carboxylic acid groups (broad SMARTS) is 1. The van der Waals surface area contributed by atoms with E-state index >= 15 is 0 Å². The van der Waals surface area contributed by atoms with Crippen molar-refractivity contribution in [2.24, 2.45) is 0 Å². The van der Waals surface area contributed by atoms with Crippen molar-refractivity contribution in [1.29, 1.82) is 0 Å².